The molecule has 0 amide bonds. The summed E-state index contributed by atoms with van der Waals surface area (Å²) in [6, 6.07) is 3.65. The van der Waals surface area contributed by atoms with Crippen LogP contribution >= 0.6 is 0 Å². The van der Waals surface area contributed by atoms with E-state index in [1.165, 1.54) is 19.2 Å². The molecule has 5 nitrogen and oxygen atoms in total. The normalized spacial score (nSPS) is 11.1. The van der Waals surface area contributed by atoms with Crippen molar-refractivity contribution in [3.63, 3.8) is 0 Å². The highest BCUT2D eigenvalue weighted by atomic mass is 32.2. The van der Waals surface area contributed by atoms with Gasteiger partial charge in [0.25, 0.3) is 0 Å². The summed E-state index contributed by atoms with van der Waals surface area (Å²) in [5.41, 5.74) is 0.675. The molecule has 0 aromatic heterocycles. The molecule has 0 aliphatic heterocycles. The third-order valence-corrected chi connectivity index (χ3v) is 3.45. The van der Waals surface area contributed by atoms with Crippen molar-refractivity contribution in [2.24, 2.45) is 0 Å². The number of hydrogen-bond donors (Lipinski definition) is 0. The maximum atomic E-state index is 13.0. The number of aryl methyl sites for hydroxylation is 1. The molecule has 0 unspecified atom stereocenters. The Morgan fingerprint density at radius 2 is 2.06 bits per heavy atom. The second kappa shape index (κ2) is 5.34. The molecule has 0 aliphatic carbocycles. The Hall–Kier alpha value is -1.63. The first-order valence-electron chi connectivity index (χ1n) is 5.06. The number of rotatable bonds is 4. The van der Waals surface area contributed by atoms with Crippen molar-refractivity contribution in [1.82, 2.24) is 0 Å². The number of esters is 1. The van der Waals surface area contributed by atoms with E-state index in [4.69, 9.17) is 0 Å². The van der Waals surface area contributed by atoms with Gasteiger partial charge in [-0.3, -0.25) is 9.10 Å². The van der Waals surface area contributed by atoms with Crippen LogP contribution in [-0.4, -0.2) is 34.3 Å². The van der Waals surface area contributed by atoms with Crippen molar-refractivity contribution < 1.29 is 22.3 Å². The van der Waals surface area contributed by atoms with Gasteiger partial charge in [-0.2, -0.15) is 0 Å². The lowest BCUT2D eigenvalue weighted by atomic mass is 10.2. The number of sulfonamides is 1. The third-order valence-electron chi connectivity index (χ3n) is 2.33. The largest absolute Gasteiger partial charge is 0.468 e. The van der Waals surface area contributed by atoms with E-state index in [1.807, 2.05) is 0 Å². The van der Waals surface area contributed by atoms with Gasteiger partial charge in [-0.25, -0.2) is 12.8 Å². The van der Waals surface area contributed by atoms with E-state index < -0.39 is 28.4 Å². The van der Waals surface area contributed by atoms with Crippen LogP contribution in [0.25, 0.3) is 0 Å². The Morgan fingerprint density at radius 3 is 2.50 bits per heavy atom. The summed E-state index contributed by atoms with van der Waals surface area (Å²) in [5, 5.41) is 0. The second-order valence-electron chi connectivity index (χ2n) is 3.78. The zero-order chi connectivity index (χ0) is 13.9. The Balaban J connectivity index is 3.22. The van der Waals surface area contributed by atoms with E-state index in [0.717, 1.165) is 16.6 Å². The molecule has 100 valence electrons. The van der Waals surface area contributed by atoms with Crippen LogP contribution in [0.5, 0.6) is 0 Å². The minimum Gasteiger partial charge on any atom is -0.468 e. The highest BCUT2D eigenvalue weighted by Gasteiger charge is 2.22. The first-order chi connectivity index (χ1) is 8.25. The van der Waals surface area contributed by atoms with Gasteiger partial charge < -0.3 is 4.74 Å². The average Bonchev–Trinajstić information content (AvgIpc) is 2.25. The molecule has 0 N–H and O–H groups in total. The van der Waals surface area contributed by atoms with Crippen molar-refractivity contribution in [2.75, 3.05) is 24.2 Å². The fourth-order valence-corrected chi connectivity index (χ4v) is 2.36. The number of nitrogens with zero attached hydrogens (tertiary/aromatic N) is 1. The fraction of sp³-hybridized carbons (Fsp3) is 0.364. The van der Waals surface area contributed by atoms with E-state index in [0.29, 0.717) is 5.56 Å². The number of hydrogen-bond acceptors (Lipinski definition) is 4. The Kier molecular flexibility index (Phi) is 4.28. The molecule has 0 heterocycles. The van der Waals surface area contributed by atoms with E-state index >= 15 is 0 Å². The maximum absolute atomic E-state index is 13.0. The lowest BCUT2D eigenvalue weighted by molar-refractivity contribution is -0.138. The fourth-order valence-electron chi connectivity index (χ4n) is 1.46. The SMILES string of the molecule is COC(=O)CN(c1ccc(F)cc1C)S(C)(=O)=O. The van der Waals surface area contributed by atoms with Gasteiger partial charge in [0.1, 0.15) is 12.4 Å². The summed E-state index contributed by atoms with van der Waals surface area (Å²) in [4.78, 5) is 11.2. The zero-order valence-electron chi connectivity index (χ0n) is 10.3. The lowest BCUT2D eigenvalue weighted by Crippen LogP contribution is -2.35. The molecule has 0 saturated carbocycles. The van der Waals surface area contributed by atoms with Gasteiger partial charge in [-0.05, 0) is 30.7 Å². The van der Waals surface area contributed by atoms with Crippen molar-refractivity contribution in [3.8, 4) is 0 Å². The van der Waals surface area contributed by atoms with Crippen molar-refractivity contribution >= 4 is 21.7 Å². The van der Waals surface area contributed by atoms with Crippen LogP contribution < -0.4 is 4.31 Å². The number of halogens is 1. The van der Waals surface area contributed by atoms with Crippen LogP contribution in [0.2, 0.25) is 0 Å². The standard InChI is InChI=1S/C11H14FNO4S/c1-8-6-9(12)4-5-10(8)13(18(3,15)16)7-11(14)17-2/h4-6H,7H2,1-3H3. The smallest absolute Gasteiger partial charge is 0.326 e. The van der Waals surface area contributed by atoms with Crippen LogP contribution in [0.1, 0.15) is 5.56 Å². The van der Waals surface area contributed by atoms with Gasteiger partial charge in [0, 0.05) is 0 Å². The van der Waals surface area contributed by atoms with Gasteiger partial charge in [-0.1, -0.05) is 0 Å². The zero-order valence-corrected chi connectivity index (χ0v) is 11.1. The molecule has 0 saturated heterocycles. The number of carbonyl (C=O) groups excluding carboxylic acids is 1. The molecule has 1 aromatic rings. The lowest BCUT2D eigenvalue weighted by Gasteiger charge is -2.22. The van der Waals surface area contributed by atoms with Crippen LogP contribution in [0, 0.1) is 12.7 Å². The molecule has 0 fully saturated rings. The first-order valence-corrected chi connectivity index (χ1v) is 6.91. The van der Waals surface area contributed by atoms with Crippen molar-refractivity contribution in [3.05, 3.63) is 29.6 Å². The topological polar surface area (TPSA) is 63.7 Å². The highest BCUT2D eigenvalue weighted by molar-refractivity contribution is 7.92. The van der Waals surface area contributed by atoms with Crippen molar-refractivity contribution in [2.45, 2.75) is 6.92 Å². The van der Waals surface area contributed by atoms with E-state index in [-0.39, 0.29) is 5.69 Å². The van der Waals surface area contributed by atoms with Crippen LogP contribution in [0.4, 0.5) is 10.1 Å². The van der Waals surface area contributed by atoms with E-state index in [2.05, 4.69) is 4.74 Å². The van der Waals surface area contributed by atoms with Gasteiger partial charge in [0.15, 0.2) is 0 Å². The molecule has 1 aromatic carbocycles. The molecule has 0 atom stereocenters. The molecule has 0 spiro atoms. The molecule has 0 bridgehead atoms. The predicted molar refractivity (Wildman–Crippen MR) is 65.3 cm³/mol. The minimum absolute atomic E-state index is 0.254. The second-order valence-corrected chi connectivity index (χ2v) is 5.68. The first kappa shape index (κ1) is 14.4. The van der Waals surface area contributed by atoms with Crippen LogP contribution in [0.15, 0.2) is 18.2 Å². The number of carbonyl (C=O) groups is 1. The third kappa shape index (κ3) is 3.43. The summed E-state index contributed by atoms with van der Waals surface area (Å²) in [6.45, 7) is 1.12. The maximum Gasteiger partial charge on any atom is 0.326 e. The summed E-state index contributed by atoms with van der Waals surface area (Å²) < 4.78 is 41.6. The van der Waals surface area contributed by atoms with Gasteiger partial charge in [-0.15, -0.1) is 0 Å². The number of methoxy groups -OCH3 is 1. The number of ether oxygens (including phenoxy) is 1. The van der Waals surface area contributed by atoms with Crippen LogP contribution in [-0.2, 0) is 19.6 Å². The number of anilines is 1. The highest BCUT2D eigenvalue weighted by Crippen LogP contribution is 2.23. The van der Waals surface area contributed by atoms with Crippen molar-refractivity contribution in [1.29, 1.82) is 0 Å². The Labute approximate surface area is 105 Å². The molecule has 0 radical (unpaired) electrons. The van der Waals surface area contributed by atoms with Gasteiger partial charge in [0.2, 0.25) is 10.0 Å². The molecular weight excluding hydrogens is 261 g/mol. The Morgan fingerprint density at radius 1 is 1.44 bits per heavy atom. The molecule has 7 heteroatoms. The van der Waals surface area contributed by atoms with E-state index in [9.17, 15) is 17.6 Å². The summed E-state index contributed by atoms with van der Waals surface area (Å²) in [6.07, 6.45) is 0.971. The Bertz CT molecular complexity index is 556. The molecule has 1 rings (SSSR count). The molecular formula is C11H14FNO4S. The summed E-state index contributed by atoms with van der Waals surface area (Å²) >= 11 is 0. The monoisotopic (exact) mass is 275 g/mol. The van der Waals surface area contributed by atoms with Gasteiger partial charge in [0.05, 0.1) is 19.1 Å². The number of benzene rings is 1. The predicted octanol–water partition coefficient (Wildman–Crippen LogP) is 1.07. The molecule has 18 heavy (non-hydrogen) atoms. The van der Waals surface area contributed by atoms with Crippen LogP contribution in [0.3, 0.4) is 0 Å². The average molecular weight is 275 g/mol. The molecule has 0 aliphatic rings. The van der Waals surface area contributed by atoms with E-state index in [1.54, 1.807) is 6.92 Å². The summed E-state index contributed by atoms with van der Waals surface area (Å²) in [7, 11) is -2.48. The quantitative estimate of drug-likeness (QED) is 0.771. The summed E-state index contributed by atoms with van der Waals surface area (Å²) in [5.74, 6) is -1.16. The minimum atomic E-state index is -3.65. The van der Waals surface area contributed by atoms with Gasteiger partial charge >= 0.3 is 5.97 Å².